The molecule has 3 N–H and O–H groups in total. The molecule has 0 spiro atoms. The third-order valence-corrected chi connectivity index (χ3v) is 4.96. The van der Waals surface area contributed by atoms with Crippen molar-refractivity contribution >= 4 is 22.9 Å². The predicted octanol–water partition coefficient (Wildman–Crippen LogP) is 1.59. The largest absolute Gasteiger partial charge is 0.755 e. The third-order valence-electron chi connectivity index (χ3n) is 4.55. The summed E-state index contributed by atoms with van der Waals surface area (Å²) in [5.74, 6) is -1.55. The first-order valence-corrected chi connectivity index (χ1v) is 9.62. The van der Waals surface area contributed by atoms with Crippen molar-refractivity contribution in [1.29, 1.82) is 0 Å². The van der Waals surface area contributed by atoms with Crippen LogP contribution in [0.15, 0.2) is 42.5 Å². The molecule has 2 unspecified atom stereocenters. The highest BCUT2D eigenvalue weighted by atomic mass is 32.2. The number of hydrogen-bond donors (Lipinski definition) is 2. The highest BCUT2D eigenvalue weighted by molar-refractivity contribution is 7.80. The fourth-order valence-electron chi connectivity index (χ4n) is 3.12. The van der Waals surface area contributed by atoms with Gasteiger partial charge in [0.15, 0.2) is 0 Å². The first-order chi connectivity index (χ1) is 13.3. The van der Waals surface area contributed by atoms with E-state index in [4.69, 9.17) is 5.73 Å². The van der Waals surface area contributed by atoms with Gasteiger partial charge in [-0.25, -0.2) is 8.78 Å². The summed E-state index contributed by atoms with van der Waals surface area (Å²) in [6.07, 6.45) is -0.666. The first-order valence-electron chi connectivity index (χ1n) is 8.54. The van der Waals surface area contributed by atoms with Gasteiger partial charge in [-0.3, -0.25) is 13.9 Å². The minimum Gasteiger partial charge on any atom is -0.755 e. The van der Waals surface area contributed by atoms with E-state index in [9.17, 15) is 22.3 Å². The SMILES string of the molecule is NC(c1cc(F)cc(F)c1)N1CCN(C(=O)c2ccc(NS(=O)[O-])cc2)CC1. The monoisotopic (exact) mass is 409 g/mol. The van der Waals surface area contributed by atoms with Crippen molar-refractivity contribution in [2.24, 2.45) is 5.73 Å². The Morgan fingerprint density at radius 1 is 1.07 bits per heavy atom. The van der Waals surface area contributed by atoms with Crippen LogP contribution in [-0.2, 0) is 11.3 Å². The first kappa shape index (κ1) is 20.3. The fourth-order valence-corrected chi connectivity index (χ4v) is 3.45. The van der Waals surface area contributed by atoms with Crippen LogP contribution in [0.25, 0.3) is 0 Å². The Morgan fingerprint density at radius 2 is 1.64 bits per heavy atom. The number of halogens is 2. The number of anilines is 1. The molecule has 2 aromatic rings. The van der Waals surface area contributed by atoms with Crippen molar-refractivity contribution in [3.63, 3.8) is 0 Å². The maximum Gasteiger partial charge on any atom is 0.253 e. The molecular formula is C18H19F2N4O3S-. The molecule has 1 aliphatic rings. The molecule has 10 heteroatoms. The highest BCUT2D eigenvalue weighted by Crippen LogP contribution is 2.20. The van der Waals surface area contributed by atoms with Crippen molar-refractivity contribution in [2.45, 2.75) is 6.17 Å². The summed E-state index contributed by atoms with van der Waals surface area (Å²) in [5, 5.41) is 0. The zero-order chi connectivity index (χ0) is 20.3. The summed E-state index contributed by atoms with van der Waals surface area (Å²) in [4.78, 5) is 16.1. The summed E-state index contributed by atoms with van der Waals surface area (Å²) in [6, 6.07) is 9.31. The Morgan fingerprint density at radius 3 is 2.18 bits per heavy atom. The number of benzene rings is 2. The van der Waals surface area contributed by atoms with E-state index in [0.29, 0.717) is 43.0 Å². The lowest BCUT2D eigenvalue weighted by molar-refractivity contribution is 0.0571. The lowest BCUT2D eigenvalue weighted by Gasteiger charge is -2.38. The molecule has 0 aliphatic carbocycles. The van der Waals surface area contributed by atoms with Crippen LogP contribution in [0.4, 0.5) is 14.5 Å². The smallest absolute Gasteiger partial charge is 0.253 e. The quantitative estimate of drug-likeness (QED) is 0.731. The molecule has 150 valence electrons. The van der Waals surface area contributed by atoms with E-state index in [1.54, 1.807) is 17.0 Å². The lowest BCUT2D eigenvalue weighted by Crippen LogP contribution is -2.51. The van der Waals surface area contributed by atoms with Crippen molar-refractivity contribution in [1.82, 2.24) is 9.80 Å². The van der Waals surface area contributed by atoms with Crippen molar-refractivity contribution in [2.75, 3.05) is 30.9 Å². The fraction of sp³-hybridized carbons (Fsp3) is 0.278. The van der Waals surface area contributed by atoms with Crippen LogP contribution in [0, 0.1) is 11.6 Å². The van der Waals surface area contributed by atoms with Crippen molar-refractivity contribution < 1.29 is 22.3 Å². The minimum atomic E-state index is -2.43. The van der Waals surface area contributed by atoms with E-state index in [2.05, 4.69) is 4.72 Å². The average molecular weight is 409 g/mol. The molecule has 0 radical (unpaired) electrons. The van der Waals surface area contributed by atoms with Crippen molar-refractivity contribution in [3.8, 4) is 0 Å². The lowest BCUT2D eigenvalue weighted by atomic mass is 10.1. The third kappa shape index (κ3) is 4.90. The summed E-state index contributed by atoms with van der Waals surface area (Å²) in [6.45, 7) is 1.74. The van der Waals surface area contributed by atoms with E-state index in [0.717, 1.165) is 6.07 Å². The molecule has 1 amide bonds. The van der Waals surface area contributed by atoms with E-state index in [-0.39, 0.29) is 5.91 Å². The second-order valence-corrected chi connectivity index (χ2v) is 7.06. The summed E-state index contributed by atoms with van der Waals surface area (Å²) >= 11 is -2.43. The molecule has 3 rings (SSSR count). The number of carbonyl (C=O) groups is 1. The Balaban J connectivity index is 1.60. The Bertz CT molecular complexity index is 853. The molecular weight excluding hydrogens is 390 g/mol. The molecule has 28 heavy (non-hydrogen) atoms. The van der Waals surface area contributed by atoms with Gasteiger partial charge in [-0.15, -0.1) is 0 Å². The van der Waals surface area contributed by atoms with Gasteiger partial charge in [0.25, 0.3) is 5.91 Å². The van der Waals surface area contributed by atoms with Gasteiger partial charge in [-0.05, 0) is 42.0 Å². The number of rotatable bonds is 5. The maximum atomic E-state index is 13.4. The van der Waals surface area contributed by atoms with Crippen LogP contribution in [0.1, 0.15) is 22.1 Å². The highest BCUT2D eigenvalue weighted by Gasteiger charge is 2.26. The molecule has 2 atom stereocenters. The molecule has 7 nitrogen and oxygen atoms in total. The van der Waals surface area contributed by atoms with Crippen LogP contribution in [0.3, 0.4) is 0 Å². The summed E-state index contributed by atoms with van der Waals surface area (Å²) in [5.41, 5.74) is 7.27. The van der Waals surface area contributed by atoms with E-state index in [1.165, 1.54) is 24.3 Å². The molecule has 0 aromatic heterocycles. The second kappa shape index (κ2) is 8.74. The number of nitrogens with zero attached hydrogens (tertiary/aromatic N) is 2. The van der Waals surface area contributed by atoms with Gasteiger partial charge < -0.3 is 19.9 Å². The average Bonchev–Trinajstić information content (AvgIpc) is 2.66. The standard InChI is InChI=1S/C18H20F2N4O3S/c19-14-9-13(10-15(20)11-14)17(21)23-5-7-24(8-6-23)18(25)12-1-3-16(4-2-12)22-28(26)27/h1-4,9-11,17,22H,5-8,21H2,(H,26,27)/p-1. The van der Waals surface area contributed by atoms with Crippen molar-refractivity contribution in [3.05, 3.63) is 65.2 Å². The molecule has 1 saturated heterocycles. The van der Waals surface area contributed by atoms with E-state index in [1.807, 2.05) is 4.90 Å². The Labute approximate surface area is 163 Å². The molecule has 1 aliphatic heterocycles. The van der Waals surface area contributed by atoms with Crippen LogP contribution in [0.5, 0.6) is 0 Å². The number of piperazine rings is 1. The summed E-state index contributed by atoms with van der Waals surface area (Å²) in [7, 11) is 0. The van der Waals surface area contributed by atoms with Gasteiger partial charge in [0.2, 0.25) is 0 Å². The topological polar surface area (TPSA) is 102 Å². The number of nitrogens with one attached hydrogen (secondary N) is 1. The minimum absolute atomic E-state index is 0.181. The molecule has 1 fully saturated rings. The van der Waals surface area contributed by atoms with Crippen LogP contribution >= 0.6 is 0 Å². The van der Waals surface area contributed by atoms with Crippen LogP contribution < -0.4 is 10.5 Å². The van der Waals surface area contributed by atoms with E-state index >= 15 is 0 Å². The zero-order valence-electron chi connectivity index (χ0n) is 14.8. The molecule has 2 aromatic carbocycles. The number of nitrogens with two attached hydrogens (primary N) is 1. The van der Waals surface area contributed by atoms with Gasteiger partial charge >= 0.3 is 0 Å². The number of carbonyl (C=O) groups excluding carboxylic acids is 1. The number of hydrogen-bond acceptors (Lipinski definition) is 5. The van der Waals surface area contributed by atoms with Gasteiger partial charge in [0, 0.05) is 54.8 Å². The van der Waals surface area contributed by atoms with Gasteiger partial charge in [0.1, 0.15) is 11.6 Å². The zero-order valence-corrected chi connectivity index (χ0v) is 15.6. The van der Waals surface area contributed by atoms with Gasteiger partial charge in [-0.1, -0.05) is 0 Å². The Hall–Kier alpha value is -2.40. The number of amides is 1. The molecule has 0 saturated carbocycles. The van der Waals surface area contributed by atoms with E-state index < -0.39 is 29.1 Å². The molecule has 1 heterocycles. The maximum absolute atomic E-state index is 13.4. The van der Waals surface area contributed by atoms with Crippen LogP contribution in [0.2, 0.25) is 0 Å². The summed E-state index contributed by atoms with van der Waals surface area (Å²) < 4.78 is 50.3. The van der Waals surface area contributed by atoms with Gasteiger partial charge in [0.05, 0.1) is 6.17 Å². The van der Waals surface area contributed by atoms with Crippen LogP contribution in [-0.4, -0.2) is 50.6 Å². The second-order valence-electron chi connectivity index (χ2n) is 6.39. The Kier molecular flexibility index (Phi) is 6.35. The molecule has 0 bridgehead atoms. The normalized spacial score (nSPS) is 17.2. The predicted molar refractivity (Wildman–Crippen MR) is 99.7 cm³/mol. The van der Waals surface area contributed by atoms with Gasteiger partial charge in [-0.2, -0.15) is 0 Å².